The molecule has 9 rings (SSSR count). The van der Waals surface area contributed by atoms with Crippen LogP contribution in [0.4, 0.5) is 28.4 Å². The largest absolute Gasteiger partial charge is 0.493 e. The lowest BCUT2D eigenvalue weighted by atomic mass is 10.1. The number of ether oxygens (including phenoxy) is 4. The fourth-order valence-corrected chi connectivity index (χ4v) is 12.4. The molecule has 4 aliphatic heterocycles. The molecule has 0 saturated carbocycles. The minimum Gasteiger partial charge on any atom is -0.493 e. The number of nitrogens with zero attached hydrogens (tertiary/aromatic N) is 2. The van der Waals surface area contributed by atoms with Gasteiger partial charge in [-0.25, -0.2) is 0 Å². The highest BCUT2D eigenvalue weighted by atomic mass is 33.1. The van der Waals surface area contributed by atoms with E-state index in [9.17, 15) is 24.3 Å². The van der Waals surface area contributed by atoms with E-state index in [1.54, 1.807) is 58.7 Å². The maximum Gasteiger partial charge on any atom is 0.260 e. The Bertz CT molecular complexity index is 2820. The monoisotopic (exact) mass is 985 g/mol. The number of anilines is 5. The molecule has 5 aromatic rings. The second kappa shape index (κ2) is 20.9. The highest BCUT2D eigenvalue weighted by molar-refractivity contribution is 8.77. The highest BCUT2D eigenvalue weighted by Crippen LogP contribution is 2.44. The number of carbonyl (C=O) groups is 4. The number of rotatable bonds is 19. The van der Waals surface area contributed by atoms with E-state index in [0.29, 0.717) is 83.4 Å². The van der Waals surface area contributed by atoms with Crippen molar-refractivity contribution >= 4 is 73.5 Å². The molecule has 16 heteroatoms. The van der Waals surface area contributed by atoms with E-state index in [2.05, 4.69) is 35.9 Å². The molecule has 0 radical (unpaired) electrons. The first-order valence-electron chi connectivity index (χ1n) is 23.7. The van der Waals surface area contributed by atoms with E-state index in [4.69, 9.17) is 18.9 Å². The van der Waals surface area contributed by atoms with Gasteiger partial charge in [0.2, 0.25) is 5.91 Å². The van der Waals surface area contributed by atoms with Gasteiger partial charge in [0.1, 0.15) is 25.2 Å². The molecule has 4 aliphatic rings. The van der Waals surface area contributed by atoms with Gasteiger partial charge in [-0.2, -0.15) is 0 Å². The van der Waals surface area contributed by atoms with Gasteiger partial charge in [0.05, 0.1) is 48.8 Å². The predicted octanol–water partition coefficient (Wildman–Crippen LogP) is 9.81. The zero-order chi connectivity index (χ0) is 49.1. The van der Waals surface area contributed by atoms with Crippen molar-refractivity contribution in [2.24, 2.45) is 0 Å². The van der Waals surface area contributed by atoms with E-state index < -0.39 is 12.3 Å². The van der Waals surface area contributed by atoms with E-state index in [0.717, 1.165) is 58.6 Å². The average molecular weight is 986 g/mol. The fraction of sp³-hybridized carbons (Fsp3) is 0.370. The fourth-order valence-electron chi connectivity index (χ4n) is 9.70. The van der Waals surface area contributed by atoms with Crippen LogP contribution in [0.2, 0.25) is 0 Å². The molecule has 0 aromatic heterocycles. The van der Waals surface area contributed by atoms with Crippen molar-refractivity contribution in [2.45, 2.75) is 102 Å². The van der Waals surface area contributed by atoms with Crippen LogP contribution >= 0.6 is 21.6 Å². The van der Waals surface area contributed by atoms with Gasteiger partial charge in [0.15, 0.2) is 23.0 Å². The van der Waals surface area contributed by atoms with Crippen molar-refractivity contribution in [3.05, 3.63) is 124 Å². The summed E-state index contributed by atoms with van der Waals surface area (Å²) in [6, 6.07) is 27.7. The number of hydrogen-bond acceptors (Lipinski definition) is 13. The summed E-state index contributed by atoms with van der Waals surface area (Å²) in [6.07, 6.45) is 3.51. The third-order valence-electron chi connectivity index (χ3n) is 13.1. The van der Waals surface area contributed by atoms with Crippen molar-refractivity contribution < 1.29 is 43.2 Å². The Hall–Kier alpha value is -6.36. The van der Waals surface area contributed by atoms with Gasteiger partial charge in [0, 0.05) is 59.1 Å². The zero-order valence-electron chi connectivity index (χ0n) is 40.1. The third kappa shape index (κ3) is 10.5. The van der Waals surface area contributed by atoms with E-state index in [-0.39, 0.29) is 47.5 Å². The molecule has 0 aliphatic carbocycles. The number of benzene rings is 5. The molecule has 5 aromatic carbocycles. The topological polar surface area (TPSA) is 168 Å². The van der Waals surface area contributed by atoms with Crippen LogP contribution in [0.1, 0.15) is 95.8 Å². The summed E-state index contributed by atoms with van der Waals surface area (Å²) in [5, 5.41) is 21.1. The molecule has 4 heterocycles. The average Bonchev–Trinajstić information content (AvgIpc) is 3.86. The highest BCUT2D eigenvalue weighted by Gasteiger charge is 2.42. The zero-order valence-corrected chi connectivity index (χ0v) is 41.7. The summed E-state index contributed by atoms with van der Waals surface area (Å²) in [4.78, 5) is 56.6. The maximum atomic E-state index is 14.1. The number of fused-ring (bicyclic) bond motifs is 8. The number of ketones is 1. The SMILES string of the molecule is COc1cc2c(cc1OCc1cc(COc3cc4c(cc3OC)C(=O)N3c5ccccc5C[C@H]3C(O)N4)cc(NC(=O)CCCC(C)(C)SSCCCC(C)=O)c1)NC[C@@H]1Cc3ccccc3N1C2=O. The molecule has 70 heavy (non-hydrogen) atoms. The lowest BCUT2D eigenvalue weighted by Gasteiger charge is -2.26. The molecule has 0 bridgehead atoms. The van der Waals surface area contributed by atoms with Crippen molar-refractivity contribution in [1.29, 1.82) is 0 Å². The molecule has 4 N–H and O–H groups in total. The molecule has 1 unspecified atom stereocenters. The van der Waals surface area contributed by atoms with E-state index in [1.165, 1.54) is 7.11 Å². The van der Waals surface area contributed by atoms with Crippen molar-refractivity contribution in [1.82, 2.24) is 0 Å². The van der Waals surface area contributed by atoms with Crippen molar-refractivity contribution in [2.75, 3.05) is 52.3 Å². The van der Waals surface area contributed by atoms with Crippen LogP contribution in [-0.4, -0.2) is 78.2 Å². The Labute approximate surface area is 416 Å². The number of Topliss-reactive ketones (excluding diaryl/α,β-unsaturated/α-hetero) is 1. The van der Waals surface area contributed by atoms with Crippen LogP contribution in [0.5, 0.6) is 23.0 Å². The lowest BCUT2D eigenvalue weighted by Crippen LogP contribution is -2.45. The molecule has 3 atom stereocenters. The summed E-state index contributed by atoms with van der Waals surface area (Å²) in [5.74, 6) is 2.15. The minimum absolute atomic E-state index is 0.0306. The molecular formula is C54H59N5O9S2. The molecule has 14 nitrogen and oxygen atoms in total. The van der Waals surface area contributed by atoms with Crippen LogP contribution in [0.3, 0.4) is 0 Å². The Morgan fingerprint density at radius 2 is 1.36 bits per heavy atom. The van der Waals surface area contributed by atoms with Gasteiger partial charge >= 0.3 is 0 Å². The number of methoxy groups -OCH3 is 2. The first-order chi connectivity index (χ1) is 33.8. The van der Waals surface area contributed by atoms with Crippen LogP contribution in [0.25, 0.3) is 0 Å². The second-order valence-corrected chi connectivity index (χ2v) is 21.9. The molecule has 3 amide bonds. The molecule has 366 valence electrons. The van der Waals surface area contributed by atoms with Crippen molar-refractivity contribution in [3.63, 3.8) is 0 Å². The second-order valence-electron chi connectivity index (χ2n) is 18.8. The first kappa shape index (κ1) is 48.7. The van der Waals surface area contributed by atoms with Gasteiger partial charge < -0.3 is 54.6 Å². The lowest BCUT2D eigenvalue weighted by molar-refractivity contribution is -0.117. The number of carbonyl (C=O) groups excluding carboxylic acids is 4. The third-order valence-corrected chi connectivity index (χ3v) is 16.6. The number of aliphatic hydroxyl groups excluding tert-OH is 1. The van der Waals surface area contributed by atoms with Gasteiger partial charge in [-0.1, -0.05) is 58.0 Å². The molecule has 0 spiro atoms. The predicted molar refractivity (Wildman–Crippen MR) is 277 cm³/mol. The Morgan fingerprint density at radius 3 is 2.01 bits per heavy atom. The first-order valence-corrected chi connectivity index (χ1v) is 26.0. The van der Waals surface area contributed by atoms with E-state index >= 15 is 0 Å². The Morgan fingerprint density at radius 1 is 0.757 bits per heavy atom. The van der Waals surface area contributed by atoms with Crippen LogP contribution in [0, 0.1) is 0 Å². The normalized spacial score (nSPS) is 17.6. The Kier molecular flexibility index (Phi) is 14.5. The van der Waals surface area contributed by atoms with Gasteiger partial charge in [-0.15, -0.1) is 0 Å². The van der Waals surface area contributed by atoms with Crippen molar-refractivity contribution in [3.8, 4) is 23.0 Å². The summed E-state index contributed by atoms with van der Waals surface area (Å²) >= 11 is 0. The van der Waals surface area contributed by atoms with Crippen LogP contribution < -0.4 is 44.7 Å². The molecular weight excluding hydrogens is 927 g/mol. The molecule has 0 fully saturated rings. The minimum atomic E-state index is -1.04. The quantitative estimate of drug-likeness (QED) is 0.0456. The van der Waals surface area contributed by atoms with Gasteiger partial charge in [0.25, 0.3) is 11.8 Å². The number of amides is 3. The summed E-state index contributed by atoms with van der Waals surface area (Å²) in [5.41, 5.74) is 7.75. The number of nitrogens with one attached hydrogen (secondary N) is 3. The summed E-state index contributed by atoms with van der Waals surface area (Å²) in [7, 11) is 6.62. The summed E-state index contributed by atoms with van der Waals surface area (Å²) in [6.45, 7) is 6.68. The van der Waals surface area contributed by atoms with E-state index in [1.807, 2.05) is 71.6 Å². The van der Waals surface area contributed by atoms with Crippen LogP contribution in [-0.2, 0) is 35.6 Å². The maximum absolute atomic E-state index is 14.1. The molecule has 0 saturated heterocycles. The number of hydrogen-bond donors (Lipinski definition) is 4. The Balaban J connectivity index is 0.934. The standard InChI is InChI=1S/C54H59N5O9S2/c1-32(60)12-11-19-69-70-54(2,3)18-10-17-50(61)56-37-21-33(30-67-48-27-41-39(25-46(48)65-4)52(63)58-38(29-55-41)23-35-13-6-8-15-43(35)58)20-34(22-37)31-68-49-28-42-40(26-47(49)66-5)53(64)59-44-16-9-7-14-36(44)24-45(59)51(62)57-42/h6-9,13-16,20-22,25-28,38,45,51,55,57,62H,10-12,17-19,23-24,29-31H2,1-5H3,(H,56,61)/t38-,45-,51?/m0/s1. The van der Waals surface area contributed by atoms with Gasteiger partial charge in [-0.3, -0.25) is 14.4 Å². The smallest absolute Gasteiger partial charge is 0.260 e. The van der Waals surface area contributed by atoms with Gasteiger partial charge in [-0.05, 0) is 118 Å². The number of aliphatic hydroxyl groups is 1. The summed E-state index contributed by atoms with van der Waals surface area (Å²) < 4.78 is 24.5. The van der Waals surface area contributed by atoms with Crippen LogP contribution in [0.15, 0.2) is 91.0 Å². The number of para-hydroxylation sites is 2.